The van der Waals surface area contributed by atoms with Gasteiger partial charge in [0.25, 0.3) is 0 Å². The normalized spacial score (nSPS) is 15.6. The van der Waals surface area contributed by atoms with Gasteiger partial charge in [0.2, 0.25) is 5.91 Å². The lowest BCUT2D eigenvalue weighted by molar-refractivity contribution is -0.121. The summed E-state index contributed by atoms with van der Waals surface area (Å²) < 4.78 is 5.77. The van der Waals surface area contributed by atoms with Crippen molar-refractivity contribution < 1.29 is 9.21 Å². The van der Waals surface area contributed by atoms with Gasteiger partial charge < -0.3 is 9.32 Å². The first kappa shape index (κ1) is 19.2. The summed E-state index contributed by atoms with van der Waals surface area (Å²) in [6.07, 6.45) is 0.433. The molecule has 1 aliphatic heterocycles. The lowest BCUT2D eigenvalue weighted by atomic mass is 10.2. The number of anilines is 1. The van der Waals surface area contributed by atoms with Crippen molar-refractivity contribution in [3.63, 3.8) is 0 Å². The highest BCUT2D eigenvalue weighted by molar-refractivity contribution is 6.00. The minimum atomic E-state index is -0.0778. The SMILES string of the molecule is C/C(=N/NC(=O)CCN1CCN(c2ccccc2)CC1)c1cc2ccccc2o1. The largest absolute Gasteiger partial charge is 0.455 e. The van der Waals surface area contributed by atoms with Crippen LogP contribution >= 0.6 is 0 Å². The number of amides is 1. The molecule has 6 nitrogen and oxygen atoms in total. The Morgan fingerprint density at radius 3 is 2.52 bits per heavy atom. The molecule has 1 aliphatic rings. The van der Waals surface area contributed by atoms with E-state index >= 15 is 0 Å². The van der Waals surface area contributed by atoms with E-state index in [0.29, 0.717) is 17.9 Å². The first-order valence-electron chi connectivity index (χ1n) is 10.0. The Labute approximate surface area is 170 Å². The fourth-order valence-corrected chi connectivity index (χ4v) is 3.55. The lowest BCUT2D eigenvalue weighted by Gasteiger charge is -2.36. The topological polar surface area (TPSA) is 61.1 Å². The number of nitrogens with one attached hydrogen (secondary N) is 1. The second-order valence-corrected chi connectivity index (χ2v) is 7.29. The minimum Gasteiger partial charge on any atom is -0.455 e. The van der Waals surface area contributed by atoms with Crippen molar-refractivity contribution in [3.05, 3.63) is 66.4 Å². The molecule has 4 rings (SSSR count). The van der Waals surface area contributed by atoms with Gasteiger partial charge in [0.15, 0.2) is 5.76 Å². The molecule has 0 saturated carbocycles. The summed E-state index contributed by atoms with van der Waals surface area (Å²) in [6, 6.07) is 20.2. The van der Waals surface area contributed by atoms with E-state index in [1.807, 2.05) is 43.3 Å². The molecule has 1 N–H and O–H groups in total. The minimum absolute atomic E-state index is 0.0778. The van der Waals surface area contributed by atoms with Crippen LogP contribution in [-0.2, 0) is 4.79 Å². The standard InChI is InChI=1S/C23H26N4O2/c1-18(22-17-19-7-5-6-10-21(19)29-22)24-25-23(28)11-12-26-13-15-27(16-14-26)20-8-3-2-4-9-20/h2-10,17H,11-16H2,1H3,(H,25,28)/b24-18-. The molecule has 1 fully saturated rings. The van der Waals surface area contributed by atoms with Crippen molar-refractivity contribution in [3.8, 4) is 0 Å². The van der Waals surface area contributed by atoms with Crippen LogP contribution in [0.3, 0.4) is 0 Å². The molecule has 0 atom stereocenters. The van der Waals surface area contributed by atoms with E-state index in [4.69, 9.17) is 4.42 Å². The van der Waals surface area contributed by atoms with Crippen LogP contribution in [0.25, 0.3) is 11.0 Å². The van der Waals surface area contributed by atoms with E-state index in [-0.39, 0.29) is 5.91 Å². The van der Waals surface area contributed by atoms with Gasteiger partial charge >= 0.3 is 0 Å². The number of hydrogen-bond acceptors (Lipinski definition) is 5. The molecular weight excluding hydrogens is 364 g/mol. The average Bonchev–Trinajstić information content (AvgIpc) is 3.21. The molecule has 0 radical (unpaired) electrons. The lowest BCUT2D eigenvalue weighted by Crippen LogP contribution is -2.47. The van der Waals surface area contributed by atoms with Crippen molar-refractivity contribution in [1.82, 2.24) is 10.3 Å². The maximum absolute atomic E-state index is 12.2. The van der Waals surface area contributed by atoms with Gasteiger partial charge in [0.05, 0.1) is 0 Å². The van der Waals surface area contributed by atoms with E-state index in [9.17, 15) is 4.79 Å². The number of nitrogens with zero attached hydrogens (tertiary/aromatic N) is 3. The Morgan fingerprint density at radius 2 is 1.76 bits per heavy atom. The zero-order valence-corrected chi connectivity index (χ0v) is 16.7. The molecule has 3 aromatic rings. The van der Waals surface area contributed by atoms with Gasteiger partial charge in [-0.2, -0.15) is 5.10 Å². The predicted octanol–water partition coefficient (Wildman–Crippen LogP) is 3.49. The Hall–Kier alpha value is -3.12. The third kappa shape index (κ3) is 4.84. The fourth-order valence-electron chi connectivity index (χ4n) is 3.55. The van der Waals surface area contributed by atoms with E-state index in [1.165, 1.54) is 5.69 Å². The molecule has 0 bridgehead atoms. The van der Waals surface area contributed by atoms with E-state index in [2.05, 4.69) is 44.6 Å². The smallest absolute Gasteiger partial charge is 0.241 e. The molecule has 0 spiro atoms. The monoisotopic (exact) mass is 390 g/mol. The number of furan rings is 1. The molecule has 1 amide bonds. The van der Waals surface area contributed by atoms with Gasteiger partial charge in [0.1, 0.15) is 11.3 Å². The number of fused-ring (bicyclic) bond motifs is 1. The van der Waals surface area contributed by atoms with Crippen LogP contribution in [-0.4, -0.2) is 49.2 Å². The number of rotatable bonds is 6. The van der Waals surface area contributed by atoms with Gasteiger partial charge in [-0.3, -0.25) is 9.69 Å². The summed E-state index contributed by atoms with van der Waals surface area (Å²) in [5.41, 5.74) is 5.39. The molecule has 2 heterocycles. The van der Waals surface area contributed by atoms with Gasteiger partial charge in [-0.05, 0) is 31.2 Å². The summed E-state index contributed by atoms with van der Waals surface area (Å²) >= 11 is 0. The van der Waals surface area contributed by atoms with Crippen LogP contribution in [0.5, 0.6) is 0 Å². The fraction of sp³-hybridized carbons (Fsp3) is 0.304. The van der Waals surface area contributed by atoms with E-state index in [1.54, 1.807) is 0 Å². The number of hydrazone groups is 1. The number of carbonyl (C=O) groups excluding carboxylic acids is 1. The number of benzene rings is 2. The molecule has 6 heteroatoms. The highest BCUT2D eigenvalue weighted by Gasteiger charge is 2.17. The number of para-hydroxylation sites is 2. The number of carbonyl (C=O) groups is 1. The second kappa shape index (κ2) is 8.92. The summed E-state index contributed by atoms with van der Waals surface area (Å²) in [7, 11) is 0. The third-order valence-corrected chi connectivity index (χ3v) is 5.28. The van der Waals surface area contributed by atoms with Crippen LogP contribution in [0.4, 0.5) is 5.69 Å². The third-order valence-electron chi connectivity index (χ3n) is 5.28. The van der Waals surface area contributed by atoms with Gasteiger partial charge in [-0.1, -0.05) is 36.4 Å². The summed E-state index contributed by atoms with van der Waals surface area (Å²) in [6.45, 7) is 6.46. The van der Waals surface area contributed by atoms with Crippen molar-refractivity contribution >= 4 is 28.3 Å². The van der Waals surface area contributed by atoms with Crippen LogP contribution < -0.4 is 10.3 Å². The molecule has 0 unspecified atom stereocenters. The molecular formula is C23H26N4O2. The number of piperazine rings is 1. The molecule has 29 heavy (non-hydrogen) atoms. The van der Waals surface area contributed by atoms with Gasteiger partial charge in [-0.25, -0.2) is 5.43 Å². The molecule has 2 aromatic carbocycles. The average molecular weight is 390 g/mol. The molecule has 0 aliphatic carbocycles. The maximum atomic E-state index is 12.2. The number of hydrogen-bond donors (Lipinski definition) is 1. The highest BCUT2D eigenvalue weighted by Crippen LogP contribution is 2.19. The Balaban J connectivity index is 1.22. The second-order valence-electron chi connectivity index (χ2n) is 7.29. The van der Waals surface area contributed by atoms with Crippen LogP contribution in [0, 0.1) is 0 Å². The van der Waals surface area contributed by atoms with E-state index < -0.39 is 0 Å². The predicted molar refractivity (Wildman–Crippen MR) is 116 cm³/mol. The van der Waals surface area contributed by atoms with Crippen molar-refractivity contribution in [2.75, 3.05) is 37.6 Å². The summed E-state index contributed by atoms with van der Waals surface area (Å²) in [5, 5.41) is 5.23. The Morgan fingerprint density at radius 1 is 1.03 bits per heavy atom. The van der Waals surface area contributed by atoms with Crippen molar-refractivity contribution in [2.45, 2.75) is 13.3 Å². The first-order chi connectivity index (χ1) is 14.2. The Bertz CT molecular complexity index is 955. The maximum Gasteiger partial charge on any atom is 0.241 e. The summed E-state index contributed by atoms with van der Waals surface area (Å²) in [5.74, 6) is 0.592. The zero-order valence-electron chi connectivity index (χ0n) is 16.7. The summed E-state index contributed by atoms with van der Waals surface area (Å²) in [4.78, 5) is 16.9. The van der Waals surface area contributed by atoms with E-state index in [0.717, 1.165) is 43.7 Å². The molecule has 1 saturated heterocycles. The van der Waals surface area contributed by atoms with Crippen molar-refractivity contribution in [1.29, 1.82) is 0 Å². The van der Waals surface area contributed by atoms with Gasteiger partial charge in [-0.15, -0.1) is 0 Å². The quantitative estimate of drug-likeness (QED) is 0.517. The zero-order chi connectivity index (χ0) is 20.1. The first-order valence-corrected chi connectivity index (χ1v) is 10.0. The molecule has 150 valence electrons. The highest BCUT2D eigenvalue weighted by atomic mass is 16.3. The van der Waals surface area contributed by atoms with Crippen LogP contribution in [0.15, 0.2) is 70.2 Å². The molecule has 1 aromatic heterocycles. The van der Waals surface area contributed by atoms with Crippen molar-refractivity contribution in [2.24, 2.45) is 5.10 Å². The van der Waals surface area contributed by atoms with Crippen LogP contribution in [0.2, 0.25) is 0 Å². The van der Waals surface area contributed by atoms with Crippen LogP contribution in [0.1, 0.15) is 19.1 Å². The van der Waals surface area contributed by atoms with Gasteiger partial charge in [0, 0.05) is 50.2 Å². The Kier molecular flexibility index (Phi) is 5.91.